The van der Waals surface area contributed by atoms with Gasteiger partial charge in [-0.25, -0.2) is 0 Å². The minimum absolute atomic E-state index is 0.0171. The minimum Gasteiger partial charge on any atom is -0.435 e. The van der Waals surface area contributed by atoms with E-state index in [-0.39, 0.29) is 17.7 Å². The molecule has 1 aliphatic heterocycles. The Balaban J connectivity index is 1.79. The van der Waals surface area contributed by atoms with Crippen LogP contribution in [0.25, 0.3) is 22.3 Å². The Morgan fingerprint density at radius 2 is 2.11 bits per heavy atom. The van der Waals surface area contributed by atoms with Gasteiger partial charge in [-0.15, -0.1) is 0 Å². The monoisotopic (exact) mass is 386 g/mol. The zero-order chi connectivity index (χ0) is 19.8. The van der Waals surface area contributed by atoms with Crippen LogP contribution in [0.3, 0.4) is 0 Å². The van der Waals surface area contributed by atoms with Gasteiger partial charge < -0.3 is 9.64 Å². The van der Waals surface area contributed by atoms with Gasteiger partial charge in [-0.2, -0.15) is 13.9 Å². The van der Waals surface area contributed by atoms with Crippen LogP contribution in [0.15, 0.2) is 36.5 Å². The number of pyridine rings is 1. The highest BCUT2D eigenvalue weighted by atomic mass is 19.3. The first-order valence-electron chi connectivity index (χ1n) is 8.60. The first kappa shape index (κ1) is 18.0. The summed E-state index contributed by atoms with van der Waals surface area (Å²) in [7, 11) is 0. The number of carbonyl (C=O) groups excluding carboxylic acids is 2. The lowest BCUT2D eigenvalue weighted by atomic mass is 10.1. The Hall–Kier alpha value is -3.36. The molecule has 0 N–H and O–H groups in total. The molecular weight excluding hydrogens is 370 g/mol. The lowest BCUT2D eigenvalue weighted by Crippen LogP contribution is -2.50. The molecule has 2 aromatic heterocycles. The van der Waals surface area contributed by atoms with Gasteiger partial charge in [0.15, 0.2) is 6.29 Å². The van der Waals surface area contributed by atoms with Crippen LogP contribution in [0.1, 0.15) is 23.3 Å². The van der Waals surface area contributed by atoms with Crippen molar-refractivity contribution in [2.75, 3.05) is 13.1 Å². The maximum absolute atomic E-state index is 12.5. The zero-order valence-corrected chi connectivity index (χ0v) is 14.9. The van der Waals surface area contributed by atoms with E-state index in [1.165, 1.54) is 25.3 Å². The van der Waals surface area contributed by atoms with Crippen molar-refractivity contribution in [3.8, 4) is 17.0 Å². The van der Waals surface area contributed by atoms with E-state index in [2.05, 4.69) is 14.8 Å². The Morgan fingerprint density at radius 1 is 1.32 bits per heavy atom. The van der Waals surface area contributed by atoms with Crippen LogP contribution in [0, 0.1) is 0 Å². The molecule has 3 heterocycles. The number of carbonyl (C=O) groups is 2. The number of aldehydes is 1. The normalized spacial score (nSPS) is 14.4. The molecule has 0 bridgehead atoms. The van der Waals surface area contributed by atoms with Crippen LogP contribution in [0.2, 0.25) is 0 Å². The van der Waals surface area contributed by atoms with E-state index >= 15 is 0 Å². The predicted octanol–water partition coefficient (Wildman–Crippen LogP) is 2.92. The number of aromatic nitrogens is 3. The molecule has 4 rings (SSSR count). The number of amides is 1. The lowest BCUT2D eigenvalue weighted by Gasteiger charge is -2.38. The molecule has 9 heteroatoms. The number of nitrogens with zero attached hydrogens (tertiary/aromatic N) is 4. The average molecular weight is 386 g/mol. The number of likely N-dealkylation sites (tertiary alicyclic amines) is 1. The second-order valence-corrected chi connectivity index (χ2v) is 6.53. The standard InChI is InChI=1S/C19H16F2N4O3/c1-11(27)24-8-14(9-24)25-16-5-12(10-26)7-22-18(16)17(23-25)13-3-2-4-15(6-13)28-19(20)21/h2-7,10,14,19H,8-9H2,1H3. The van der Waals surface area contributed by atoms with Crippen molar-refractivity contribution >= 4 is 23.2 Å². The van der Waals surface area contributed by atoms with Gasteiger partial charge in [-0.1, -0.05) is 12.1 Å². The summed E-state index contributed by atoms with van der Waals surface area (Å²) in [6.45, 7) is -0.411. The number of halogens is 2. The van der Waals surface area contributed by atoms with Gasteiger partial charge in [-0.05, 0) is 18.2 Å². The van der Waals surface area contributed by atoms with E-state index in [0.717, 1.165) is 0 Å². The van der Waals surface area contributed by atoms with E-state index in [1.54, 1.807) is 27.8 Å². The molecule has 7 nitrogen and oxygen atoms in total. The van der Waals surface area contributed by atoms with Gasteiger partial charge in [0.2, 0.25) is 5.91 Å². The summed E-state index contributed by atoms with van der Waals surface area (Å²) in [5.41, 5.74) is 2.65. The topological polar surface area (TPSA) is 77.3 Å². The maximum Gasteiger partial charge on any atom is 0.387 e. The molecule has 0 saturated carbocycles. The molecule has 0 unspecified atom stereocenters. The molecule has 1 amide bonds. The number of alkyl halides is 2. The molecule has 144 valence electrons. The molecule has 1 fully saturated rings. The Bertz CT molecular complexity index is 1060. The van der Waals surface area contributed by atoms with Crippen molar-refractivity contribution < 1.29 is 23.1 Å². The number of hydrogen-bond acceptors (Lipinski definition) is 5. The number of ether oxygens (including phenoxy) is 1. The molecule has 0 atom stereocenters. The van der Waals surface area contributed by atoms with Crippen molar-refractivity contribution in [1.82, 2.24) is 19.7 Å². The van der Waals surface area contributed by atoms with Gasteiger partial charge in [0.05, 0.1) is 11.6 Å². The third-order valence-corrected chi connectivity index (χ3v) is 4.69. The number of benzene rings is 1. The number of fused-ring (bicyclic) bond motifs is 1. The highest BCUT2D eigenvalue weighted by molar-refractivity contribution is 5.93. The first-order chi connectivity index (χ1) is 13.5. The van der Waals surface area contributed by atoms with Crippen molar-refractivity contribution in [3.05, 3.63) is 42.1 Å². The summed E-state index contributed by atoms with van der Waals surface area (Å²) in [6, 6.07) is 7.85. The van der Waals surface area contributed by atoms with Crippen LogP contribution >= 0.6 is 0 Å². The summed E-state index contributed by atoms with van der Waals surface area (Å²) in [6.07, 6.45) is 2.14. The smallest absolute Gasteiger partial charge is 0.387 e. The summed E-state index contributed by atoms with van der Waals surface area (Å²) in [4.78, 5) is 28.7. The van der Waals surface area contributed by atoms with Gasteiger partial charge in [-0.3, -0.25) is 19.3 Å². The summed E-state index contributed by atoms with van der Waals surface area (Å²) in [5, 5.41) is 4.63. The largest absolute Gasteiger partial charge is 0.435 e. The first-order valence-corrected chi connectivity index (χ1v) is 8.60. The Labute approximate surface area is 158 Å². The highest BCUT2D eigenvalue weighted by Gasteiger charge is 2.32. The molecule has 3 aromatic rings. The molecule has 0 radical (unpaired) electrons. The molecule has 0 aliphatic carbocycles. The quantitative estimate of drug-likeness (QED) is 0.630. The second kappa shape index (κ2) is 6.99. The fourth-order valence-corrected chi connectivity index (χ4v) is 3.26. The third-order valence-electron chi connectivity index (χ3n) is 4.69. The van der Waals surface area contributed by atoms with Crippen LogP contribution in [-0.2, 0) is 4.79 Å². The zero-order valence-electron chi connectivity index (χ0n) is 14.9. The van der Waals surface area contributed by atoms with Crippen LogP contribution in [0.5, 0.6) is 5.75 Å². The Morgan fingerprint density at radius 3 is 2.79 bits per heavy atom. The number of hydrogen-bond donors (Lipinski definition) is 0. The van der Waals surface area contributed by atoms with Crippen LogP contribution in [-0.4, -0.2) is 51.6 Å². The van der Waals surface area contributed by atoms with Gasteiger partial charge in [0.25, 0.3) is 0 Å². The van der Waals surface area contributed by atoms with Gasteiger partial charge in [0, 0.05) is 37.3 Å². The van der Waals surface area contributed by atoms with Crippen molar-refractivity contribution in [3.63, 3.8) is 0 Å². The third kappa shape index (κ3) is 3.19. The minimum atomic E-state index is -2.93. The van der Waals surface area contributed by atoms with E-state index in [4.69, 9.17) is 0 Å². The average Bonchev–Trinajstić information content (AvgIpc) is 2.98. The lowest BCUT2D eigenvalue weighted by molar-refractivity contribution is -0.134. The van der Waals surface area contributed by atoms with Crippen LogP contribution < -0.4 is 4.74 Å². The number of rotatable bonds is 5. The summed E-state index contributed by atoms with van der Waals surface area (Å²) >= 11 is 0. The highest BCUT2D eigenvalue weighted by Crippen LogP contribution is 2.33. The SMILES string of the molecule is CC(=O)N1CC(n2nc(-c3cccc(OC(F)F)c3)c3ncc(C=O)cc32)C1. The van der Waals surface area contributed by atoms with Crippen LogP contribution in [0.4, 0.5) is 8.78 Å². The van der Waals surface area contributed by atoms with E-state index in [0.29, 0.717) is 47.2 Å². The van der Waals surface area contributed by atoms with Gasteiger partial charge >= 0.3 is 6.61 Å². The van der Waals surface area contributed by atoms with E-state index < -0.39 is 6.61 Å². The van der Waals surface area contributed by atoms with Gasteiger partial charge in [0.1, 0.15) is 17.0 Å². The molecule has 1 aromatic carbocycles. The Kier molecular flexibility index (Phi) is 4.50. The molecular formula is C19H16F2N4O3. The summed E-state index contributed by atoms with van der Waals surface area (Å²) < 4.78 is 31.3. The fourth-order valence-electron chi connectivity index (χ4n) is 3.26. The molecule has 0 spiro atoms. The second-order valence-electron chi connectivity index (χ2n) is 6.53. The molecule has 28 heavy (non-hydrogen) atoms. The maximum atomic E-state index is 12.5. The van der Waals surface area contributed by atoms with Crippen molar-refractivity contribution in [2.24, 2.45) is 0 Å². The van der Waals surface area contributed by atoms with Crippen molar-refractivity contribution in [2.45, 2.75) is 19.6 Å². The summed E-state index contributed by atoms with van der Waals surface area (Å²) in [5.74, 6) is 0.00241. The molecule has 1 saturated heterocycles. The van der Waals surface area contributed by atoms with E-state index in [9.17, 15) is 18.4 Å². The predicted molar refractivity (Wildman–Crippen MR) is 96.3 cm³/mol. The van der Waals surface area contributed by atoms with E-state index in [1.807, 2.05) is 0 Å². The van der Waals surface area contributed by atoms with Crippen molar-refractivity contribution in [1.29, 1.82) is 0 Å². The fraction of sp³-hybridized carbons (Fsp3) is 0.263. The molecule has 1 aliphatic rings.